The van der Waals surface area contributed by atoms with Crippen molar-refractivity contribution in [3.8, 4) is 0 Å². The van der Waals surface area contributed by atoms with E-state index < -0.39 is 0 Å². The number of hydrogen-bond acceptors (Lipinski definition) is 3. The Labute approximate surface area is 118 Å². The predicted molar refractivity (Wildman–Crippen MR) is 77.3 cm³/mol. The summed E-state index contributed by atoms with van der Waals surface area (Å²) in [5, 5.41) is 12.7. The monoisotopic (exact) mass is 282 g/mol. The van der Waals surface area contributed by atoms with Crippen LogP contribution in [0.2, 0.25) is 0 Å². The molecule has 19 heavy (non-hydrogen) atoms. The average Bonchev–Trinajstić information content (AvgIpc) is 2.96. The summed E-state index contributed by atoms with van der Waals surface area (Å²) in [6.07, 6.45) is 2.71. The summed E-state index contributed by atoms with van der Waals surface area (Å²) in [6, 6.07) is 4.04. The highest BCUT2D eigenvalue weighted by molar-refractivity contribution is 7.11. The van der Waals surface area contributed by atoms with Crippen LogP contribution >= 0.6 is 11.3 Å². The van der Waals surface area contributed by atoms with Crippen LogP contribution in [0.25, 0.3) is 0 Å². The fourth-order valence-corrected chi connectivity index (χ4v) is 3.37. The van der Waals surface area contributed by atoms with Crippen molar-refractivity contribution in [3.05, 3.63) is 21.9 Å². The minimum absolute atomic E-state index is 0.0647. The van der Waals surface area contributed by atoms with Gasteiger partial charge in [0.1, 0.15) is 0 Å². The molecule has 5 heteroatoms. The van der Waals surface area contributed by atoms with Crippen molar-refractivity contribution in [2.75, 3.05) is 13.6 Å². The van der Waals surface area contributed by atoms with E-state index in [1.807, 2.05) is 6.07 Å². The fourth-order valence-electron chi connectivity index (χ4n) is 2.54. The third-order valence-corrected chi connectivity index (χ3v) is 4.68. The zero-order valence-corrected chi connectivity index (χ0v) is 12.4. The second-order valence-corrected chi connectivity index (χ2v) is 6.68. The van der Waals surface area contributed by atoms with E-state index in [0.29, 0.717) is 13.1 Å². The van der Waals surface area contributed by atoms with Crippen LogP contribution in [0.1, 0.15) is 29.0 Å². The Hall–Kier alpha value is -1.07. The van der Waals surface area contributed by atoms with Gasteiger partial charge < -0.3 is 15.3 Å². The first-order valence-electron chi connectivity index (χ1n) is 6.78. The number of hydrogen-bond donors (Lipinski definition) is 2. The van der Waals surface area contributed by atoms with Gasteiger partial charge in [0.15, 0.2) is 0 Å². The molecule has 106 valence electrons. The summed E-state index contributed by atoms with van der Waals surface area (Å²) < 4.78 is 0. The SMILES string of the molecule is Cc1ccc(CNC(=O)N(C)CC2CCCC2O)s1. The lowest BCUT2D eigenvalue weighted by molar-refractivity contribution is 0.114. The maximum absolute atomic E-state index is 12.0. The topological polar surface area (TPSA) is 52.6 Å². The smallest absolute Gasteiger partial charge is 0.317 e. The molecule has 0 saturated heterocycles. The summed E-state index contributed by atoms with van der Waals surface area (Å²) in [4.78, 5) is 16.1. The van der Waals surface area contributed by atoms with Crippen molar-refractivity contribution in [3.63, 3.8) is 0 Å². The molecule has 2 amide bonds. The van der Waals surface area contributed by atoms with Crippen molar-refractivity contribution in [1.82, 2.24) is 10.2 Å². The van der Waals surface area contributed by atoms with Gasteiger partial charge in [0, 0.05) is 29.3 Å². The molecule has 1 aromatic heterocycles. The molecule has 1 aliphatic rings. The Kier molecular flexibility index (Phi) is 4.82. The maximum atomic E-state index is 12.0. The Balaban J connectivity index is 1.76. The molecule has 1 fully saturated rings. The van der Waals surface area contributed by atoms with Gasteiger partial charge in [-0.1, -0.05) is 6.42 Å². The first-order chi connectivity index (χ1) is 9.06. The fraction of sp³-hybridized carbons (Fsp3) is 0.643. The number of aryl methyl sites for hydroxylation is 1. The lowest BCUT2D eigenvalue weighted by atomic mass is 10.1. The van der Waals surface area contributed by atoms with Gasteiger partial charge in [-0.15, -0.1) is 11.3 Å². The summed E-state index contributed by atoms with van der Waals surface area (Å²) in [7, 11) is 1.79. The number of nitrogens with one attached hydrogen (secondary N) is 1. The number of thiophene rings is 1. The maximum Gasteiger partial charge on any atom is 0.317 e. The van der Waals surface area contributed by atoms with Crippen LogP contribution in [-0.2, 0) is 6.54 Å². The number of urea groups is 1. The molecule has 2 rings (SSSR count). The van der Waals surface area contributed by atoms with E-state index in [4.69, 9.17) is 0 Å². The number of rotatable bonds is 4. The van der Waals surface area contributed by atoms with Crippen molar-refractivity contribution in [1.29, 1.82) is 0 Å². The summed E-state index contributed by atoms with van der Waals surface area (Å²) in [5.41, 5.74) is 0. The predicted octanol–water partition coefficient (Wildman–Crippen LogP) is 2.36. The summed E-state index contributed by atoms with van der Waals surface area (Å²) >= 11 is 1.70. The molecule has 0 aromatic carbocycles. The van der Waals surface area contributed by atoms with Crippen LogP contribution in [0, 0.1) is 12.8 Å². The van der Waals surface area contributed by atoms with Crippen LogP contribution in [0.5, 0.6) is 0 Å². The van der Waals surface area contributed by atoms with Gasteiger partial charge in [0.05, 0.1) is 12.6 Å². The molecule has 1 aromatic rings. The molecule has 1 saturated carbocycles. The molecular weight excluding hydrogens is 260 g/mol. The van der Waals surface area contributed by atoms with Gasteiger partial charge in [0.2, 0.25) is 0 Å². The average molecular weight is 282 g/mol. The first kappa shape index (κ1) is 14.3. The highest BCUT2D eigenvalue weighted by Gasteiger charge is 2.27. The summed E-state index contributed by atoms with van der Waals surface area (Å²) in [5.74, 6) is 0.236. The van der Waals surface area contributed by atoms with E-state index in [9.17, 15) is 9.90 Å². The minimum atomic E-state index is -0.241. The van der Waals surface area contributed by atoms with Gasteiger partial charge in [0.25, 0.3) is 0 Å². The molecule has 0 bridgehead atoms. The lowest BCUT2D eigenvalue weighted by Gasteiger charge is -2.23. The third-order valence-electron chi connectivity index (χ3n) is 3.68. The van der Waals surface area contributed by atoms with Crippen molar-refractivity contribution in [2.45, 2.75) is 38.8 Å². The quantitative estimate of drug-likeness (QED) is 0.890. The second-order valence-electron chi connectivity index (χ2n) is 5.31. The molecule has 0 spiro atoms. The molecule has 2 N–H and O–H groups in total. The number of aliphatic hydroxyl groups excluding tert-OH is 1. The van der Waals surface area contributed by atoms with Gasteiger partial charge in [-0.2, -0.15) is 0 Å². The number of carbonyl (C=O) groups excluding carboxylic acids is 1. The molecule has 0 aliphatic heterocycles. The highest BCUT2D eigenvalue weighted by Crippen LogP contribution is 2.26. The second kappa shape index (κ2) is 6.39. The van der Waals surface area contributed by atoms with E-state index in [-0.39, 0.29) is 18.1 Å². The van der Waals surface area contributed by atoms with Crippen LogP contribution in [0.15, 0.2) is 12.1 Å². The van der Waals surface area contributed by atoms with Crippen LogP contribution in [-0.4, -0.2) is 35.7 Å². The van der Waals surface area contributed by atoms with Crippen LogP contribution in [0.4, 0.5) is 4.79 Å². The largest absolute Gasteiger partial charge is 0.393 e. The number of carbonyl (C=O) groups is 1. The standard InChI is InChI=1S/C14H22N2O2S/c1-10-6-7-12(19-10)8-15-14(18)16(2)9-11-4-3-5-13(11)17/h6-7,11,13,17H,3-5,8-9H2,1-2H3,(H,15,18). The Morgan fingerprint density at radius 2 is 2.32 bits per heavy atom. The summed E-state index contributed by atoms with van der Waals surface area (Å²) in [6.45, 7) is 3.27. The van der Waals surface area contributed by atoms with Crippen LogP contribution in [0.3, 0.4) is 0 Å². The van der Waals surface area contributed by atoms with Gasteiger partial charge in [-0.05, 0) is 31.9 Å². The van der Waals surface area contributed by atoms with Crippen molar-refractivity contribution < 1.29 is 9.90 Å². The molecule has 1 heterocycles. The first-order valence-corrected chi connectivity index (χ1v) is 7.60. The Bertz CT molecular complexity index is 433. The zero-order valence-electron chi connectivity index (χ0n) is 11.6. The zero-order chi connectivity index (χ0) is 13.8. The molecule has 4 nitrogen and oxygen atoms in total. The number of aliphatic hydroxyl groups is 1. The van der Waals surface area contributed by atoms with Crippen molar-refractivity contribution in [2.24, 2.45) is 5.92 Å². The van der Waals surface area contributed by atoms with E-state index in [2.05, 4.69) is 18.3 Å². The normalized spacial score (nSPS) is 22.5. The molecular formula is C14H22N2O2S. The van der Waals surface area contributed by atoms with E-state index in [1.54, 1.807) is 23.3 Å². The van der Waals surface area contributed by atoms with E-state index in [1.165, 1.54) is 9.75 Å². The lowest BCUT2D eigenvalue weighted by Crippen LogP contribution is -2.40. The number of amides is 2. The van der Waals surface area contributed by atoms with Gasteiger partial charge in [-0.3, -0.25) is 0 Å². The minimum Gasteiger partial charge on any atom is -0.393 e. The van der Waals surface area contributed by atoms with E-state index >= 15 is 0 Å². The molecule has 1 aliphatic carbocycles. The number of nitrogens with zero attached hydrogens (tertiary/aromatic N) is 1. The Morgan fingerprint density at radius 3 is 2.89 bits per heavy atom. The molecule has 0 radical (unpaired) electrons. The van der Waals surface area contributed by atoms with Gasteiger partial charge in [-0.25, -0.2) is 4.79 Å². The van der Waals surface area contributed by atoms with E-state index in [0.717, 1.165) is 19.3 Å². The third kappa shape index (κ3) is 3.94. The Morgan fingerprint density at radius 1 is 1.53 bits per heavy atom. The van der Waals surface area contributed by atoms with Crippen molar-refractivity contribution >= 4 is 17.4 Å². The van der Waals surface area contributed by atoms with Gasteiger partial charge >= 0.3 is 6.03 Å². The highest BCUT2D eigenvalue weighted by atomic mass is 32.1. The van der Waals surface area contributed by atoms with Crippen LogP contribution < -0.4 is 5.32 Å². The molecule has 2 unspecified atom stereocenters. The molecule has 2 atom stereocenters.